The Labute approximate surface area is 201 Å². The molecule has 5 fully saturated rings. The second-order valence-corrected chi connectivity index (χ2v) is 11.9. The van der Waals surface area contributed by atoms with Crippen LogP contribution in [0.4, 0.5) is 0 Å². The van der Waals surface area contributed by atoms with Crippen molar-refractivity contribution in [3.05, 3.63) is 11.6 Å². The van der Waals surface area contributed by atoms with Gasteiger partial charge in [0.2, 0.25) is 0 Å². The lowest BCUT2D eigenvalue weighted by Crippen LogP contribution is -2.51. The minimum absolute atomic E-state index is 0.245. The predicted octanol–water partition coefficient (Wildman–Crippen LogP) is 6.32. The number of carbonyl (C=O) groups excluding carboxylic acids is 2. The fraction of sp³-hybridized carbons (Fsp3) is 0.862. The molecule has 0 N–H and O–H groups in total. The Bertz CT molecular complexity index is 709. The second-order valence-electron chi connectivity index (χ2n) is 11.9. The maximum absolute atomic E-state index is 12.1. The molecule has 2 heterocycles. The monoisotopic (exact) mass is 458 g/mol. The first-order valence-corrected chi connectivity index (χ1v) is 13.8. The van der Waals surface area contributed by atoms with E-state index in [-0.39, 0.29) is 10.8 Å². The summed E-state index contributed by atoms with van der Waals surface area (Å²) in [4.78, 5) is 24.0. The molecule has 4 aliphatic carbocycles. The number of ether oxygens (including phenoxy) is 2. The number of allylic oxidation sites excluding steroid dienone is 1. The highest BCUT2D eigenvalue weighted by atomic mass is 16.5. The van der Waals surface area contributed by atoms with Gasteiger partial charge in [-0.15, -0.1) is 0 Å². The third-order valence-electron chi connectivity index (χ3n) is 10.1. The van der Waals surface area contributed by atoms with Crippen molar-refractivity contribution in [1.82, 2.24) is 0 Å². The zero-order chi connectivity index (χ0) is 23.5. The van der Waals surface area contributed by atoms with E-state index in [9.17, 15) is 9.59 Å². The highest BCUT2D eigenvalue weighted by Crippen LogP contribution is 2.66. The van der Waals surface area contributed by atoms with Crippen LogP contribution in [0.2, 0.25) is 0 Å². The summed E-state index contributed by atoms with van der Waals surface area (Å²) in [6.45, 7) is 10.6. The topological polar surface area (TPSA) is 52.6 Å². The van der Waals surface area contributed by atoms with Crippen LogP contribution in [0.3, 0.4) is 0 Å². The number of ketones is 2. The predicted molar refractivity (Wildman–Crippen MR) is 131 cm³/mol. The van der Waals surface area contributed by atoms with Gasteiger partial charge in [0.15, 0.2) is 5.78 Å². The minimum atomic E-state index is 0.245. The molecule has 4 heteroatoms. The third kappa shape index (κ3) is 5.17. The summed E-state index contributed by atoms with van der Waals surface area (Å²) in [7, 11) is 0. The SMILES string of the molecule is C1CCOC1.C1CCOC1.CC(=O)[C@H]1CC[C@H]2[C@@H]3CCC4=CC(=O)CC[C@]4(C)[C@H]3CC[C@]12C. The second kappa shape index (κ2) is 10.7. The average Bonchev–Trinajstić information content (AvgIpc) is 3.57. The summed E-state index contributed by atoms with van der Waals surface area (Å²) >= 11 is 0. The fourth-order valence-electron chi connectivity index (χ4n) is 8.25. The van der Waals surface area contributed by atoms with E-state index >= 15 is 0 Å². The van der Waals surface area contributed by atoms with Crippen molar-refractivity contribution in [2.45, 2.75) is 97.8 Å². The Morgan fingerprint density at radius 2 is 1.48 bits per heavy atom. The summed E-state index contributed by atoms with van der Waals surface area (Å²) in [6, 6.07) is 0. The maximum Gasteiger partial charge on any atom is 0.155 e. The first-order chi connectivity index (χ1) is 15.9. The average molecular weight is 459 g/mol. The van der Waals surface area contributed by atoms with Crippen LogP contribution in [0.1, 0.15) is 97.8 Å². The maximum atomic E-state index is 12.1. The molecule has 0 aromatic rings. The highest BCUT2D eigenvalue weighted by Gasteiger charge is 2.59. The van der Waals surface area contributed by atoms with Gasteiger partial charge in [0.25, 0.3) is 0 Å². The van der Waals surface area contributed by atoms with E-state index in [1.54, 1.807) is 6.92 Å². The van der Waals surface area contributed by atoms with Gasteiger partial charge >= 0.3 is 0 Å². The van der Waals surface area contributed by atoms with Gasteiger partial charge < -0.3 is 9.47 Å². The molecule has 0 aromatic carbocycles. The van der Waals surface area contributed by atoms with Crippen molar-refractivity contribution in [3.8, 4) is 0 Å². The molecule has 33 heavy (non-hydrogen) atoms. The summed E-state index contributed by atoms with van der Waals surface area (Å²) < 4.78 is 9.89. The molecule has 0 bridgehead atoms. The van der Waals surface area contributed by atoms with Crippen LogP contribution in [0.5, 0.6) is 0 Å². The number of Topliss-reactive ketones (excluding diaryl/α,β-unsaturated/α-hetero) is 1. The number of carbonyl (C=O) groups is 2. The summed E-state index contributed by atoms with van der Waals surface area (Å²) in [5.41, 5.74) is 1.95. The van der Waals surface area contributed by atoms with Crippen LogP contribution in [-0.4, -0.2) is 38.0 Å². The lowest BCUT2D eigenvalue weighted by molar-refractivity contribution is -0.128. The van der Waals surface area contributed by atoms with Gasteiger partial charge in [-0.05, 0) is 112 Å². The van der Waals surface area contributed by atoms with E-state index in [2.05, 4.69) is 13.8 Å². The van der Waals surface area contributed by atoms with Gasteiger partial charge in [0.05, 0.1) is 0 Å². The summed E-state index contributed by atoms with van der Waals surface area (Å²) in [6.07, 6.45) is 16.1. The van der Waals surface area contributed by atoms with E-state index in [1.165, 1.54) is 56.9 Å². The zero-order valence-electron chi connectivity index (χ0n) is 21.3. The molecule has 2 saturated heterocycles. The zero-order valence-corrected chi connectivity index (χ0v) is 21.3. The van der Waals surface area contributed by atoms with Crippen molar-refractivity contribution in [1.29, 1.82) is 0 Å². The van der Waals surface area contributed by atoms with E-state index in [0.717, 1.165) is 69.9 Å². The van der Waals surface area contributed by atoms with Crippen LogP contribution in [0.15, 0.2) is 11.6 Å². The molecule has 6 rings (SSSR count). The largest absolute Gasteiger partial charge is 0.381 e. The number of hydrogen-bond donors (Lipinski definition) is 0. The van der Waals surface area contributed by atoms with Gasteiger partial charge in [-0.2, -0.15) is 0 Å². The van der Waals surface area contributed by atoms with Gasteiger partial charge in [-0.3, -0.25) is 9.59 Å². The first-order valence-electron chi connectivity index (χ1n) is 13.8. The highest BCUT2D eigenvalue weighted by molar-refractivity contribution is 5.91. The number of rotatable bonds is 1. The van der Waals surface area contributed by atoms with E-state index < -0.39 is 0 Å². The summed E-state index contributed by atoms with van der Waals surface area (Å²) in [5.74, 6) is 3.29. The molecule has 0 spiro atoms. The van der Waals surface area contributed by atoms with E-state index in [4.69, 9.17) is 9.47 Å². The standard InChI is InChI=1S/C21H30O2.2C4H8O/c1-13(22)17-6-7-18-16-5-4-14-12-15(23)8-10-20(14,2)19(16)9-11-21(17,18)3;2*1-2-4-5-3-1/h12,16-19H,4-11H2,1-3H3;2*1-4H2/t16-,17+,18-,19-,20-,21+;;/m0../s1. The minimum Gasteiger partial charge on any atom is -0.381 e. The van der Waals surface area contributed by atoms with Crippen molar-refractivity contribution in [3.63, 3.8) is 0 Å². The summed E-state index contributed by atoms with van der Waals surface area (Å²) in [5, 5.41) is 0. The third-order valence-corrected chi connectivity index (χ3v) is 10.1. The Kier molecular flexibility index (Phi) is 8.16. The Hall–Kier alpha value is -1.00. The van der Waals surface area contributed by atoms with Gasteiger partial charge in [-0.1, -0.05) is 19.4 Å². The van der Waals surface area contributed by atoms with Crippen molar-refractivity contribution in [2.24, 2.45) is 34.5 Å². The lowest BCUT2D eigenvalue weighted by atomic mass is 9.47. The smallest absolute Gasteiger partial charge is 0.155 e. The normalized spacial score (nSPS) is 41.4. The van der Waals surface area contributed by atoms with E-state index in [0.29, 0.717) is 17.5 Å². The van der Waals surface area contributed by atoms with Crippen molar-refractivity contribution in [2.75, 3.05) is 26.4 Å². The van der Waals surface area contributed by atoms with Crippen LogP contribution in [0.25, 0.3) is 0 Å². The fourth-order valence-corrected chi connectivity index (χ4v) is 8.25. The molecule has 0 unspecified atom stereocenters. The van der Waals surface area contributed by atoms with Gasteiger partial charge in [0, 0.05) is 38.8 Å². The quantitative estimate of drug-likeness (QED) is 0.461. The van der Waals surface area contributed by atoms with Gasteiger partial charge in [-0.25, -0.2) is 0 Å². The van der Waals surface area contributed by atoms with Crippen molar-refractivity contribution >= 4 is 11.6 Å². The molecular formula is C29H46O4. The van der Waals surface area contributed by atoms with Gasteiger partial charge in [0.1, 0.15) is 5.78 Å². The van der Waals surface area contributed by atoms with E-state index in [1.807, 2.05) is 6.08 Å². The number of fused-ring (bicyclic) bond motifs is 5. The first kappa shape index (κ1) is 25.1. The molecule has 6 atom stereocenters. The molecule has 186 valence electrons. The Morgan fingerprint density at radius 1 is 0.848 bits per heavy atom. The molecule has 4 nitrogen and oxygen atoms in total. The Morgan fingerprint density at radius 3 is 2.03 bits per heavy atom. The molecule has 2 aliphatic heterocycles. The Balaban J connectivity index is 0.000000213. The number of hydrogen-bond acceptors (Lipinski definition) is 4. The molecule has 0 aromatic heterocycles. The molecular weight excluding hydrogens is 412 g/mol. The van der Waals surface area contributed by atoms with Crippen LogP contribution in [0, 0.1) is 34.5 Å². The lowest BCUT2D eigenvalue weighted by Gasteiger charge is -2.58. The molecule has 0 amide bonds. The van der Waals surface area contributed by atoms with Crippen molar-refractivity contribution < 1.29 is 19.1 Å². The van der Waals surface area contributed by atoms with Crippen LogP contribution >= 0.6 is 0 Å². The van der Waals surface area contributed by atoms with Crippen LogP contribution < -0.4 is 0 Å². The molecule has 0 radical (unpaired) electrons. The molecule has 6 aliphatic rings. The molecule has 3 saturated carbocycles. The van der Waals surface area contributed by atoms with Crippen LogP contribution in [-0.2, 0) is 19.1 Å².